The summed E-state index contributed by atoms with van der Waals surface area (Å²) in [6.07, 6.45) is 5.67. The van der Waals surface area contributed by atoms with Gasteiger partial charge in [0.25, 0.3) is 0 Å². The summed E-state index contributed by atoms with van der Waals surface area (Å²) in [5.74, 6) is -0.0195. The highest BCUT2D eigenvalue weighted by Crippen LogP contribution is 2.65. The fourth-order valence-electron chi connectivity index (χ4n) is 3.09. The molecule has 4 nitrogen and oxygen atoms in total. The molecule has 106 valence electrons. The summed E-state index contributed by atoms with van der Waals surface area (Å²) in [4.78, 5) is 23.5. The number of rotatable bonds is 4. The van der Waals surface area contributed by atoms with Crippen molar-refractivity contribution in [2.75, 3.05) is 0 Å². The monoisotopic (exact) mass is 272 g/mol. The molecule has 1 aromatic carbocycles. The van der Waals surface area contributed by atoms with Crippen LogP contribution in [0.5, 0.6) is 0 Å². The van der Waals surface area contributed by atoms with Gasteiger partial charge in [0, 0.05) is 12.3 Å². The molecule has 0 saturated heterocycles. The van der Waals surface area contributed by atoms with Crippen molar-refractivity contribution in [2.24, 2.45) is 11.3 Å². The van der Waals surface area contributed by atoms with E-state index in [2.05, 4.69) is 10.9 Å². The second-order valence-electron chi connectivity index (χ2n) is 6.00. The Kier molecular flexibility index (Phi) is 3.47. The molecule has 0 aliphatic heterocycles. The van der Waals surface area contributed by atoms with Gasteiger partial charge < -0.3 is 0 Å². The number of carbonyl (C=O) groups is 2. The van der Waals surface area contributed by atoms with Crippen molar-refractivity contribution >= 4 is 11.8 Å². The Hall–Kier alpha value is -1.84. The molecular formula is C16H20N2O2. The van der Waals surface area contributed by atoms with Crippen LogP contribution >= 0.6 is 0 Å². The molecule has 0 aromatic heterocycles. The maximum absolute atomic E-state index is 11.9. The Morgan fingerprint density at radius 2 is 1.90 bits per heavy atom. The van der Waals surface area contributed by atoms with E-state index in [4.69, 9.17) is 0 Å². The minimum atomic E-state index is -0.134. The lowest BCUT2D eigenvalue weighted by Gasteiger charge is -2.26. The number of hydrogen-bond acceptors (Lipinski definition) is 2. The number of hydrogen-bond donors (Lipinski definition) is 2. The predicted molar refractivity (Wildman–Crippen MR) is 75.4 cm³/mol. The van der Waals surface area contributed by atoms with Gasteiger partial charge in [-0.05, 0) is 36.7 Å². The number of amides is 2. The first-order valence-corrected chi connectivity index (χ1v) is 7.32. The largest absolute Gasteiger partial charge is 0.273 e. The third-order valence-electron chi connectivity index (χ3n) is 4.66. The molecule has 2 fully saturated rings. The normalized spacial score (nSPS) is 21.9. The minimum absolute atomic E-state index is 0.0160. The first kappa shape index (κ1) is 13.2. The van der Waals surface area contributed by atoms with E-state index in [1.165, 1.54) is 19.3 Å². The third kappa shape index (κ3) is 2.69. The molecule has 3 rings (SSSR count). The molecule has 1 unspecified atom stereocenters. The van der Waals surface area contributed by atoms with Gasteiger partial charge >= 0.3 is 0 Å². The van der Waals surface area contributed by atoms with Crippen LogP contribution in [-0.4, -0.2) is 11.8 Å². The molecular weight excluding hydrogens is 252 g/mol. The molecule has 2 aliphatic rings. The van der Waals surface area contributed by atoms with E-state index in [0.717, 1.165) is 12.0 Å². The molecule has 2 amide bonds. The Morgan fingerprint density at radius 3 is 2.50 bits per heavy atom. The average Bonchev–Trinajstić information content (AvgIpc) is 3.20. The van der Waals surface area contributed by atoms with Gasteiger partial charge in [-0.15, -0.1) is 0 Å². The molecule has 20 heavy (non-hydrogen) atoms. The smallest absolute Gasteiger partial charge is 0.242 e. The number of aryl methyl sites for hydroxylation is 1. The van der Waals surface area contributed by atoms with E-state index in [9.17, 15) is 9.59 Å². The lowest BCUT2D eigenvalue weighted by Crippen LogP contribution is -2.43. The Morgan fingerprint density at radius 1 is 1.15 bits per heavy atom. The Bertz CT molecular complexity index is 508. The Balaban J connectivity index is 1.36. The summed E-state index contributed by atoms with van der Waals surface area (Å²) in [6.45, 7) is 0. The standard InChI is InChI=1S/C16H20N2O2/c19-14(8-7-12-5-2-1-3-6-12)17-18-15(20)13-11-16(13)9-4-10-16/h1-3,5-6,13H,4,7-11H2,(H,17,19)(H,18,20). The third-order valence-corrected chi connectivity index (χ3v) is 4.66. The maximum Gasteiger partial charge on any atom is 0.242 e. The van der Waals surface area contributed by atoms with Gasteiger partial charge in [-0.25, -0.2) is 0 Å². The average molecular weight is 272 g/mol. The summed E-state index contributed by atoms with van der Waals surface area (Å²) in [7, 11) is 0. The summed E-state index contributed by atoms with van der Waals surface area (Å²) >= 11 is 0. The maximum atomic E-state index is 11.9. The lowest BCUT2D eigenvalue weighted by molar-refractivity contribution is -0.130. The lowest BCUT2D eigenvalue weighted by atomic mass is 9.80. The first-order chi connectivity index (χ1) is 9.70. The zero-order valence-corrected chi connectivity index (χ0v) is 11.5. The minimum Gasteiger partial charge on any atom is -0.273 e. The van der Waals surface area contributed by atoms with Crippen molar-refractivity contribution in [3.8, 4) is 0 Å². The highest BCUT2D eigenvalue weighted by molar-refractivity contribution is 5.86. The summed E-state index contributed by atoms with van der Waals surface area (Å²) in [5.41, 5.74) is 6.52. The number of benzene rings is 1. The fraction of sp³-hybridized carbons (Fsp3) is 0.500. The van der Waals surface area contributed by atoms with Crippen LogP contribution < -0.4 is 10.9 Å². The molecule has 2 aliphatic carbocycles. The fourth-order valence-corrected chi connectivity index (χ4v) is 3.09. The van der Waals surface area contributed by atoms with E-state index in [0.29, 0.717) is 18.3 Å². The number of hydrazine groups is 1. The van der Waals surface area contributed by atoms with E-state index >= 15 is 0 Å². The van der Waals surface area contributed by atoms with Gasteiger partial charge in [-0.1, -0.05) is 36.8 Å². The first-order valence-electron chi connectivity index (χ1n) is 7.32. The van der Waals surface area contributed by atoms with Crippen LogP contribution in [-0.2, 0) is 16.0 Å². The zero-order valence-electron chi connectivity index (χ0n) is 11.5. The highest BCUT2D eigenvalue weighted by Gasteiger charge is 2.60. The molecule has 1 aromatic rings. The molecule has 1 spiro atoms. The van der Waals surface area contributed by atoms with Crippen LogP contribution in [0.3, 0.4) is 0 Å². The summed E-state index contributed by atoms with van der Waals surface area (Å²) in [5, 5.41) is 0. The van der Waals surface area contributed by atoms with E-state index in [1.54, 1.807) is 0 Å². The van der Waals surface area contributed by atoms with Crippen LogP contribution in [0.1, 0.15) is 37.7 Å². The van der Waals surface area contributed by atoms with E-state index in [-0.39, 0.29) is 17.7 Å². The van der Waals surface area contributed by atoms with Crippen molar-refractivity contribution in [1.29, 1.82) is 0 Å². The van der Waals surface area contributed by atoms with Crippen LogP contribution in [0.25, 0.3) is 0 Å². The van der Waals surface area contributed by atoms with Crippen molar-refractivity contribution in [3.63, 3.8) is 0 Å². The molecule has 2 N–H and O–H groups in total. The quantitative estimate of drug-likeness (QED) is 0.823. The van der Waals surface area contributed by atoms with Gasteiger partial charge in [0.2, 0.25) is 11.8 Å². The van der Waals surface area contributed by atoms with Crippen molar-refractivity contribution in [3.05, 3.63) is 35.9 Å². The van der Waals surface area contributed by atoms with Crippen LogP contribution in [0.4, 0.5) is 0 Å². The van der Waals surface area contributed by atoms with E-state index < -0.39 is 0 Å². The summed E-state index contributed by atoms with van der Waals surface area (Å²) < 4.78 is 0. The van der Waals surface area contributed by atoms with Crippen LogP contribution in [0.2, 0.25) is 0 Å². The van der Waals surface area contributed by atoms with Crippen LogP contribution in [0.15, 0.2) is 30.3 Å². The molecule has 0 heterocycles. The predicted octanol–water partition coefficient (Wildman–Crippen LogP) is 1.96. The summed E-state index contributed by atoms with van der Waals surface area (Å²) in [6, 6.07) is 9.86. The van der Waals surface area contributed by atoms with Crippen molar-refractivity contribution < 1.29 is 9.59 Å². The van der Waals surface area contributed by atoms with Gasteiger partial charge in [0.05, 0.1) is 0 Å². The second kappa shape index (κ2) is 5.27. The van der Waals surface area contributed by atoms with Gasteiger partial charge in [-0.2, -0.15) is 0 Å². The molecule has 4 heteroatoms. The van der Waals surface area contributed by atoms with Gasteiger partial charge in [0.1, 0.15) is 0 Å². The number of nitrogens with one attached hydrogen (secondary N) is 2. The Labute approximate surface area is 118 Å². The molecule has 0 bridgehead atoms. The van der Waals surface area contributed by atoms with Gasteiger partial charge in [0.15, 0.2) is 0 Å². The van der Waals surface area contributed by atoms with Crippen molar-refractivity contribution in [2.45, 2.75) is 38.5 Å². The molecule has 2 saturated carbocycles. The molecule has 0 radical (unpaired) electrons. The topological polar surface area (TPSA) is 58.2 Å². The number of carbonyl (C=O) groups excluding carboxylic acids is 2. The zero-order chi connectivity index (χ0) is 14.0. The second-order valence-corrected chi connectivity index (χ2v) is 6.00. The van der Waals surface area contributed by atoms with Gasteiger partial charge in [-0.3, -0.25) is 20.4 Å². The van der Waals surface area contributed by atoms with Crippen LogP contribution in [0, 0.1) is 11.3 Å². The SMILES string of the molecule is O=C(CCc1ccccc1)NNC(=O)C1CC12CCC2. The molecule has 1 atom stereocenters. The van der Waals surface area contributed by atoms with E-state index in [1.807, 2.05) is 30.3 Å². The van der Waals surface area contributed by atoms with Crippen molar-refractivity contribution in [1.82, 2.24) is 10.9 Å². The highest BCUT2D eigenvalue weighted by atomic mass is 16.2.